The maximum absolute atomic E-state index is 11.6. The molecule has 2 nitrogen and oxygen atoms in total. The molecule has 0 heterocycles. The van der Waals surface area contributed by atoms with Gasteiger partial charge in [-0.2, -0.15) is 0 Å². The summed E-state index contributed by atoms with van der Waals surface area (Å²) in [4.78, 5) is 11.6. The summed E-state index contributed by atoms with van der Waals surface area (Å²) < 4.78 is 0.958. The molecule has 1 saturated carbocycles. The zero-order valence-corrected chi connectivity index (χ0v) is 12.0. The lowest BCUT2D eigenvalue weighted by Crippen LogP contribution is -2.21. The average Bonchev–Trinajstić information content (AvgIpc) is 2.58. The number of rotatable bonds is 3. The van der Waals surface area contributed by atoms with Crippen LogP contribution in [0.2, 0.25) is 0 Å². The highest BCUT2D eigenvalue weighted by Crippen LogP contribution is 2.36. The summed E-state index contributed by atoms with van der Waals surface area (Å²) >= 11 is 3.43. The zero-order chi connectivity index (χ0) is 13.0. The van der Waals surface area contributed by atoms with E-state index in [4.69, 9.17) is 0 Å². The van der Waals surface area contributed by atoms with Crippen molar-refractivity contribution >= 4 is 21.9 Å². The molecule has 1 fully saturated rings. The molecule has 98 valence electrons. The van der Waals surface area contributed by atoms with Gasteiger partial charge in [-0.15, -0.1) is 0 Å². The van der Waals surface area contributed by atoms with E-state index in [0.717, 1.165) is 22.9 Å². The first-order valence-electron chi connectivity index (χ1n) is 6.67. The standard InChI is InChI=1S/C15H19BrO2/c16-13-9-5-8-12(10-13)14(15(17)18)11-6-3-1-2-4-7-11/h5,8-11,14H,1-4,6-7H2,(H,17,18). The maximum Gasteiger partial charge on any atom is 0.311 e. The zero-order valence-electron chi connectivity index (χ0n) is 10.4. The Balaban J connectivity index is 2.24. The van der Waals surface area contributed by atoms with Gasteiger partial charge in [-0.05, 0) is 36.5 Å². The Labute approximate surface area is 117 Å². The molecule has 0 spiro atoms. The molecule has 1 atom stereocenters. The average molecular weight is 311 g/mol. The van der Waals surface area contributed by atoms with E-state index in [1.165, 1.54) is 25.7 Å². The van der Waals surface area contributed by atoms with E-state index in [1.54, 1.807) is 0 Å². The molecule has 0 aromatic heterocycles. The van der Waals surface area contributed by atoms with Crippen molar-refractivity contribution in [2.45, 2.75) is 44.4 Å². The molecule has 1 aromatic carbocycles. The normalized spacial score (nSPS) is 19.2. The van der Waals surface area contributed by atoms with Crippen molar-refractivity contribution in [2.24, 2.45) is 5.92 Å². The van der Waals surface area contributed by atoms with Gasteiger partial charge in [0.05, 0.1) is 5.92 Å². The van der Waals surface area contributed by atoms with Crippen molar-refractivity contribution in [1.29, 1.82) is 0 Å². The van der Waals surface area contributed by atoms with Crippen LogP contribution in [0.1, 0.15) is 50.0 Å². The van der Waals surface area contributed by atoms with Crippen LogP contribution in [0.25, 0.3) is 0 Å². The Hall–Kier alpha value is -0.830. The number of benzene rings is 1. The molecule has 1 N–H and O–H groups in total. The number of hydrogen-bond donors (Lipinski definition) is 1. The van der Waals surface area contributed by atoms with E-state index in [0.29, 0.717) is 5.92 Å². The van der Waals surface area contributed by atoms with Crippen LogP contribution in [-0.2, 0) is 4.79 Å². The highest BCUT2D eigenvalue weighted by atomic mass is 79.9. The van der Waals surface area contributed by atoms with Crippen molar-refractivity contribution in [3.05, 3.63) is 34.3 Å². The summed E-state index contributed by atoms with van der Waals surface area (Å²) in [5, 5.41) is 9.55. The van der Waals surface area contributed by atoms with E-state index in [9.17, 15) is 9.90 Å². The fourth-order valence-electron chi connectivity index (χ4n) is 2.96. The fraction of sp³-hybridized carbons (Fsp3) is 0.533. The van der Waals surface area contributed by atoms with E-state index in [1.807, 2.05) is 24.3 Å². The molecular formula is C15H19BrO2. The molecule has 0 radical (unpaired) electrons. The molecule has 18 heavy (non-hydrogen) atoms. The number of hydrogen-bond acceptors (Lipinski definition) is 1. The molecule has 0 saturated heterocycles. The van der Waals surface area contributed by atoms with Crippen LogP contribution < -0.4 is 0 Å². The Morgan fingerprint density at radius 3 is 2.44 bits per heavy atom. The second-order valence-corrected chi connectivity index (χ2v) is 6.04. The summed E-state index contributed by atoms with van der Waals surface area (Å²) in [6, 6.07) is 7.75. The summed E-state index contributed by atoms with van der Waals surface area (Å²) in [6.45, 7) is 0. The van der Waals surface area contributed by atoms with Gasteiger partial charge in [-0.1, -0.05) is 53.7 Å². The van der Waals surface area contributed by atoms with E-state index >= 15 is 0 Å². The molecule has 0 aliphatic heterocycles. The maximum atomic E-state index is 11.6. The quantitative estimate of drug-likeness (QED) is 0.829. The number of halogens is 1. The first-order chi connectivity index (χ1) is 8.68. The molecule has 2 rings (SSSR count). The largest absolute Gasteiger partial charge is 0.481 e. The van der Waals surface area contributed by atoms with Gasteiger partial charge in [-0.25, -0.2) is 0 Å². The molecular weight excluding hydrogens is 292 g/mol. The van der Waals surface area contributed by atoms with Crippen molar-refractivity contribution in [3.63, 3.8) is 0 Å². The van der Waals surface area contributed by atoms with Crippen molar-refractivity contribution in [3.8, 4) is 0 Å². The van der Waals surface area contributed by atoms with Gasteiger partial charge < -0.3 is 5.11 Å². The number of carbonyl (C=O) groups is 1. The van der Waals surface area contributed by atoms with Crippen LogP contribution in [0.3, 0.4) is 0 Å². The smallest absolute Gasteiger partial charge is 0.311 e. The number of carboxylic acids is 1. The summed E-state index contributed by atoms with van der Waals surface area (Å²) in [6.07, 6.45) is 6.93. The van der Waals surface area contributed by atoms with E-state index in [2.05, 4.69) is 15.9 Å². The van der Waals surface area contributed by atoms with Crippen molar-refractivity contribution in [2.75, 3.05) is 0 Å². The second-order valence-electron chi connectivity index (χ2n) is 5.12. The minimum Gasteiger partial charge on any atom is -0.481 e. The predicted molar refractivity (Wildman–Crippen MR) is 75.7 cm³/mol. The fourth-order valence-corrected chi connectivity index (χ4v) is 3.38. The minimum atomic E-state index is -0.681. The summed E-state index contributed by atoms with van der Waals surface area (Å²) in [7, 11) is 0. The predicted octanol–water partition coefficient (Wildman–Crippen LogP) is 4.59. The molecule has 3 heteroatoms. The van der Waals surface area contributed by atoms with Gasteiger partial charge in [0.25, 0.3) is 0 Å². The van der Waals surface area contributed by atoms with E-state index < -0.39 is 5.97 Å². The van der Waals surface area contributed by atoms with Gasteiger partial charge in [0, 0.05) is 4.47 Å². The van der Waals surface area contributed by atoms with Crippen LogP contribution in [-0.4, -0.2) is 11.1 Å². The SMILES string of the molecule is O=C(O)C(c1cccc(Br)c1)C1CCCCCC1. The van der Waals surface area contributed by atoms with Crippen LogP contribution in [0.4, 0.5) is 0 Å². The highest BCUT2D eigenvalue weighted by Gasteiger charge is 2.30. The number of aliphatic carboxylic acids is 1. The van der Waals surface area contributed by atoms with E-state index in [-0.39, 0.29) is 5.92 Å². The highest BCUT2D eigenvalue weighted by molar-refractivity contribution is 9.10. The third kappa shape index (κ3) is 3.35. The van der Waals surface area contributed by atoms with Crippen LogP contribution in [0, 0.1) is 5.92 Å². The lowest BCUT2D eigenvalue weighted by Gasteiger charge is -2.23. The molecule has 0 amide bonds. The Morgan fingerprint density at radius 2 is 1.89 bits per heavy atom. The molecule has 1 aromatic rings. The van der Waals surface area contributed by atoms with Gasteiger partial charge >= 0.3 is 5.97 Å². The Kier molecular flexibility index (Phi) is 4.81. The van der Waals surface area contributed by atoms with Crippen molar-refractivity contribution < 1.29 is 9.90 Å². The lowest BCUT2D eigenvalue weighted by molar-refractivity contribution is -0.140. The van der Waals surface area contributed by atoms with Crippen molar-refractivity contribution in [1.82, 2.24) is 0 Å². The van der Waals surface area contributed by atoms with Crippen LogP contribution >= 0.6 is 15.9 Å². The topological polar surface area (TPSA) is 37.3 Å². The van der Waals surface area contributed by atoms with Gasteiger partial charge in [0.2, 0.25) is 0 Å². The number of carboxylic acid groups (broad SMARTS) is 1. The van der Waals surface area contributed by atoms with Gasteiger partial charge in [0.15, 0.2) is 0 Å². The second kappa shape index (κ2) is 6.37. The third-order valence-electron chi connectivity index (χ3n) is 3.85. The van der Waals surface area contributed by atoms with Gasteiger partial charge in [0.1, 0.15) is 0 Å². The van der Waals surface area contributed by atoms with Gasteiger partial charge in [-0.3, -0.25) is 4.79 Å². The van der Waals surface area contributed by atoms with Crippen LogP contribution in [0.15, 0.2) is 28.7 Å². The van der Waals surface area contributed by atoms with Crippen LogP contribution in [0.5, 0.6) is 0 Å². The lowest BCUT2D eigenvalue weighted by atomic mass is 9.81. The molecule has 1 aliphatic rings. The summed E-state index contributed by atoms with van der Waals surface area (Å²) in [5.74, 6) is -0.736. The first-order valence-corrected chi connectivity index (χ1v) is 7.46. The molecule has 1 unspecified atom stereocenters. The third-order valence-corrected chi connectivity index (χ3v) is 4.34. The minimum absolute atomic E-state index is 0.291. The summed E-state index contributed by atoms with van der Waals surface area (Å²) in [5.41, 5.74) is 0.934. The monoisotopic (exact) mass is 310 g/mol. The molecule has 1 aliphatic carbocycles. The molecule has 0 bridgehead atoms. The first kappa shape index (κ1) is 13.6. The Bertz CT molecular complexity index is 409. The Morgan fingerprint density at radius 1 is 1.22 bits per heavy atom.